The molecule has 66 valence electrons. The first-order chi connectivity index (χ1) is 5.81. The first-order valence-electron chi connectivity index (χ1n) is 4.38. The minimum absolute atomic E-state index is 0.918. The van der Waals surface area contributed by atoms with Gasteiger partial charge in [0.05, 0.1) is 4.88 Å². The molecule has 0 aliphatic heterocycles. The molecule has 1 aromatic rings. The predicted molar refractivity (Wildman–Crippen MR) is 53.1 cm³/mol. The van der Waals surface area contributed by atoms with E-state index in [9.17, 15) is 4.79 Å². The molecule has 0 aromatic carbocycles. The van der Waals surface area contributed by atoms with E-state index in [-0.39, 0.29) is 0 Å². The molecule has 0 saturated carbocycles. The molecule has 0 saturated heterocycles. The Hall–Kier alpha value is -0.630. The second kappa shape index (κ2) is 4.41. The summed E-state index contributed by atoms with van der Waals surface area (Å²) >= 11 is 1.64. The summed E-state index contributed by atoms with van der Waals surface area (Å²) in [6.07, 6.45) is 4.20. The van der Waals surface area contributed by atoms with Crippen molar-refractivity contribution in [3.63, 3.8) is 0 Å². The Morgan fingerprint density at radius 1 is 1.50 bits per heavy atom. The smallest absolute Gasteiger partial charge is 0.160 e. The van der Waals surface area contributed by atoms with E-state index in [1.165, 1.54) is 10.4 Å². The second-order valence-corrected chi connectivity index (χ2v) is 3.99. The van der Waals surface area contributed by atoms with E-state index < -0.39 is 0 Å². The number of hydrogen-bond acceptors (Lipinski definition) is 2. The number of aryl methyl sites for hydroxylation is 2. The van der Waals surface area contributed by atoms with Crippen molar-refractivity contribution in [2.24, 2.45) is 0 Å². The van der Waals surface area contributed by atoms with Crippen LogP contribution < -0.4 is 0 Å². The third-order valence-electron chi connectivity index (χ3n) is 1.88. The van der Waals surface area contributed by atoms with Crippen molar-refractivity contribution in [2.75, 3.05) is 0 Å². The summed E-state index contributed by atoms with van der Waals surface area (Å²) < 4.78 is 0. The molecule has 0 amide bonds. The van der Waals surface area contributed by atoms with E-state index in [1.54, 1.807) is 11.3 Å². The Kier molecular flexibility index (Phi) is 3.48. The lowest BCUT2D eigenvalue weighted by Crippen LogP contribution is -1.80. The molecule has 1 nitrogen and oxygen atoms in total. The highest BCUT2D eigenvalue weighted by Crippen LogP contribution is 2.22. The summed E-state index contributed by atoms with van der Waals surface area (Å²) in [5.41, 5.74) is 1.21. The Balaban J connectivity index is 2.88. The lowest BCUT2D eigenvalue weighted by atomic mass is 10.2. The molecular weight excluding hydrogens is 168 g/mol. The Bertz CT molecular complexity index is 263. The fourth-order valence-corrected chi connectivity index (χ4v) is 2.42. The molecule has 0 spiro atoms. The molecule has 0 aliphatic rings. The van der Waals surface area contributed by atoms with Crippen LogP contribution in [0.4, 0.5) is 0 Å². The Morgan fingerprint density at radius 2 is 2.25 bits per heavy atom. The van der Waals surface area contributed by atoms with Gasteiger partial charge in [-0.2, -0.15) is 0 Å². The average Bonchev–Trinajstić information content (AvgIpc) is 2.48. The summed E-state index contributed by atoms with van der Waals surface area (Å²) in [5, 5.41) is 0. The Morgan fingerprint density at radius 3 is 2.67 bits per heavy atom. The topological polar surface area (TPSA) is 17.1 Å². The summed E-state index contributed by atoms with van der Waals surface area (Å²) in [6, 6.07) is 2.16. The molecule has 1 heterocycles. The molecule has 0 aliphatic carbocycles. The van der Waals surface area contributed by atoms with E-state index in [0.717, 1.165) is 30.4 Å². The van der Waals surface area contributed by atoms with Crippen LogP contribution in [0.25, 0.3) is 0 Å². The maximum atomic E-state index is 10.6. The molecule has 0 fully saturated rings. The van der Waals surface area contributed by atoms with Crippen LogP contribution in [0, 0.1) is 0 Å². The quantitative estimate of drug-likeness (QED) is 0.654. The summed E-state index contributed by atoms with van der Waals surface area (Å²) in [4.78, 5) is 12.9. The third kappa shape index (κ3) is 1.95. The van der Waals surface area contributed by atoms with Gasteiger partial charge in [0.1, 0.15) is 0 Å². The number of hydrogen-bond donors (Lipinski definition) is 0. The van der Waals surface area contributed by atoms with Crippen LogP contribution in [0.3, 0.4) is 0 Å². The van der Waals surface area contributed by atoms with Crippen molar-refractivity contribution < 1.29 is 4.79 Å². The van der Waals surface area contributed by atoms with Crippen LogP contribution in [0.1, 0.15) is 40.4 Å². The highest BCUT2D eigenvalue weighted by Gasteiger charge is 2.05. The van der Waals surface area contributed by atoms with Crippen LogP contribution in [-0.4, -0.2) is 6.29 Å². The van der Waals surface area contributed by atoms with Gasteiger partial charge in [-0.1, -0.05) is 20.3 Å². The number of rotatable bonds is 4. The lowest BCUT2D eigenvalue weighted by molar-refractivity contribution is 0.112. The number of carbonyl (C=O) groups is 1. The van der Waals surface area contributed by atoms with Gasteiger partial charge in [0.15, 0.2) is 6.29 Å². The molecular formula is C10H14OS. The van der Waals surface area contributed by atoms with Gasteiger partial charge in [-0.15, -0.1) is 11.3 Å². The monoisotopic (exact) mass is 182 g/mol. The lowest BCUT2D eigenvalue weighted by Gasteiger charge is -1.88. The molecule has 2 heteroatoms. The largest absolute Gasteiger partial charge is 0.297 e. The zero-order valence-corrected chi connectivity index (χ0v) is 8.41. The van der Waals surface area contributed by atoms with Crippen LogP contribution in [-0.2, 0) is 12.8 Å². The predicted octanol–water partition coefficient (Wildman–Crippen LogP) is 3.08. The standard InChI is InChI=1S/C10H14OS/c1-3-5-9-6-8(4-2)10(7-11)12-9/h6-7H,3-5H2,1-2H3. The van der Waals surface area contributed by atoms with E-state index in [0.29, 0.717) is 0 Å². The minimum Gasteiger partial charge on any atom is -0.297 e. The summed E-state index contributed by atoms with van der Waals surface area (Å²) in [6.45, 7) is 4.25. The summed E-state index contributed by atoms with van der Waals surface area (Å²) in [7, 11) is 0. The second-order valence-electron chi connectivity index (χ2n) is 2.82. The van der Waals surface area contributed by atoms with E-state index in [1.807, 2.05) is 0 Å². The van der Waals surface area contributed by atoms with Crippen LogP contribution in [0.5, 0.6) is 0 Å². The van der Waals surface area contributed by atoms with Gasteiger partial charge in [0.25, 0.3) is 0 Å². The fraction of sp³-hybridized carbons (Fsp3) is 0.500. The van der Waals surface area contributed by atoms with Crippen molar-refractivity contribution >= 4 is 17.6 Å². The highest BCUT2D eigenvalue weighted by molar-refractivity contribution is 7.13. The maximum Gasteiger partial charge on any atom is 0.160 e. The molecule has 0 radical (unpaired) electrons. The molecule has 1 rings (SSSR count). The zero-order valence-electron chi connectivity index (χ0n) is 7.59. The van der Waals surface area contributed by atoms with Crippen molar-refractivity contribution in [3.05, 3.63) is 21.4 Å². The minimum atomic E-state index is 0.918. The van der Waals surface area contributed by atoms with Gasteiger partial charge in [0.2, 0.25) is 0 Å². The molecule has 0 N–H and O–H groups in total. The van der Waals surface area contributed by atoms with E-state index in [2.05, 4.69) is 19.9 Å². The van der Waals surface area contributed by atoms with Crippen molar-refractivity contribution in [3.8, 4) is 0 Å². The van der Waals surface area contributed by atoms with Gasteiger partial charge >= 0.3 is 0 Å². The number of aldehydes is 1. The zero-order chi connectivity index (χ0) is 8.97. The fourth-order valence-electron chi connectivity index (χ4n) is 1.25. The van der Waals surface area contributed by atoms with Gasteiger partial charge < -0.3 is 0 Å². The highest BCUT2D eigenvalue weighted by atomic mass is 32.1. The van der Waals surface area contributed by atoms with Crippen molar-refractivity contribution in [1.82, 2.24) is 0 Å². The number of carbonyl (C=O) groups excluding carboxylic acids is 1. The van der Waals surface area contributed by atoms with Crippen molar-refractivity contribution in [2.45, 2.75) is 33.1 Å². The molecule has 0 unspecified atom stereocenters. The van der Waals surface area contributed by atoms with Gasteiger partial charge in [0, 0.05) is 4.88 Å². The van der Waals surface area contributed by atoms with Gasteiger partial charge in [-0.3, -0.25) is 4.79 Å². The normalized spacial score (nSPS) is 10.2. The van der Waals surface area contributed by atoms with E-state index in [4.69, 9.17) is 0 Å². The van der Waals surface area contributed by atoms with Gasteiger partial charge in [-0.05, 0) is 24.5 Å². The maximum absolute atomic E-state index is 10.6. The molecule has 12 heavy (non-hydrogen) atoms. The molecule has 0 atom stereocenters. The molecule has 0 bridgehead atoms. The van der Waals surface area contributed by atoms with Crippen LogP contribution in [0.15, 0.2) is 6.07 Å². The number of thiophene rings is 1. The first-order valence-corrected chi connectivity index (χ1v) is 5.20. The SMILES string of the molecule is CCCc1cc(CC)c(C=O)s1. The van der Waals surface area contributed by atoms with E-state index >= 15 is 0 Å². The van der Waals surface area contributed by atoms with Crippen LogP contribution >= 0.6 is 11.3 Å². The molecule has 1 aromatic heterocycles. The summed E-state index contributed by atoms with van der Waals surface area (Å²) in [5.74, 6) is 0. The first kappa shape index (κ1) is 9.46. The van der Waals surface area contributed by atoms with Gasteiger partial charge in [-0.25, -0.2) is 0 Å². The average molecular weight is 182 g/mol. The third-order valence-corrected chi connectivity index (χ3v) is 3.04. The van der Waals surface area contributed by atoms with Crippen LogP contribution in [0.2, 0.25) is 0 Å². The van der Waals surface area contributed by atoms with Crippen molar-refractivity contribution in [1.29, 1.82) is 0 Å². The Labute approximate surface area is 77.4 Å².